The first kappa shape index (κ1) is 14.3. The van der Waals surface area contributed by atoms with Crippen molar-refractivity contribution in [1.29, 1.82) is 0 Å². The van der Waals surface area contributed by atoms with Gasteiger partial charge < -0.3 is 14.6 Å². The number of benzene rings is 1. The van der Waals surface area contributed by atoms with Crippen LogP contribution in [0.25, 0.3) is 0 Å². The zero-order valence-electron chi connectivity index (χ0n) is 11.9. The lowest BCUT2D eigenvalue weighted by atomic mass is 10.0. The minimum atomic E-state index is -0.732. The van der Waals surface area contributed by atoms with Gasteiger partial charge in [0.05, 0.1) is 13.2 Å². The number of hydrogen-bond donors (Lipinski definition) is 1. The molecule has 1 aromatic heterocycles. The molecule has 1 heterocycles. The van der Waals surface area contributed by atoms with Crippen LogP contribution >= 0.6 is 0 Å². The van der Waals surface area contributed by atoms with Crippen LogP contribution in [0.3, 0.4) is 0 Å². The Morgan fingerprint density at radius 3 is 2.50 bits per heavy atom. The summed E-state index contributed by atoms with van der Waals surface area (Å²) in [4.78, 5) is 4.10. The van der Waals surface area contributed by atoms with Crippen LogP contribution in [0.2, 0.25) is 0 Å². The second-order valence-corrected chi connectivity index (χ2v) is 4.78. The van der Waals surface area contributed by atoms with Crippen LogP contribution in [0.5, 0.6) is 11.6 Å². The van der Waals surface area contributed by atoms with Gasteiger partial charge in [0.15, 0.2) is 0 Å². The number of aliphatic hydroxyl groups is 1. The van der Waals surface area contributed by atoms with E-state index in [4.69, 9.17) is 9.47 Å². The highest BCUT2D eigenvalue weighted by Gasteiger charge is 2.12. The molecule has 0 aliphatic heterocycles. The normalized spacial score (nSPS) is 12.2. The van der Waals surface area contributed by atoms with E-state index >= 15 is 0 Å². The first-order chi connectivity index (χ1) is 9.60. The second kappa shape index (κ2) is 6.39. The topological polar surface area (TPSA) is 51.6 Å². The second-order valence-electron chi connectivity index (χ2n) is 4.78. The number of nitrogens with zero attached hydrogens (tertiary/aromatic N) is 1. The van der Waals surface area contributed by atoms with Crippen LogP contribution in [0.4, 0.5) is 0 Å². The van der Waals surface area contributed by atoms with Gasteiger partial charge >= 0.3 is 0 Å². The predicted octanol–water partition coefficient (Wildman–Crippen LogP) is 2.96. The van der Waals surface area contributed by atoms with Gasteiger partial charge in [-0.15, -0.1) is 0 Å². The molecule has 1 unspecified atom stereocenters. The standard InChI is InChI=1S/C16H19NO3/c1-11(2)20-14-6-4-5-12(9-14)16(18)13-7-8-15(19-3)17-10-13/h4-11,16,18H,1-3H3. The third-order valence-electron chi connectivity index (χ3n) is 2.83. The quantitative estimate of drug-likeness (QED) is 0.910. The summed E-state index contributed by atoms with van der Waals surface area (Å²) in [6, 6.07) is 11.0. The molecule has 0 bridgehead atoms. The first-order valence-electron chi connectivity index (χ1n) is 6.54. The number of ether oxygens (including phenoxy) is 2. The Balaban J connectivity index is 2.20. The van der Waals surface area contributed by atoms with Gasteiger partial charge in [-0.25, -0.2) is 4.98 Å². The van der Waals surface area contributed by atoms with Crippen molar-refractivity contribution in [2.75, 3.05) is 7.11 Å². The number of aliphatic hydroxyl groups excluding tert-OH is 1. The van der Waals surface area contributed by atoms with E-state index in [0.717, 1.165) is 11.3 Å². The van der Waals surface area contributed by atoms with E-state index in [-0.39, 0.29) is 6.10 Å². The van der Waals surface area contributed by atoms with Gasteiger partial charge in [0, 0.05) is 17.8 Å². The molecule has 1 N–H and O–H groups in total. The molecule has 0 aliphatic carbocycles. The Morgan fingerprint density at radius 2 is 1.90 bits per heavy atom. The maximum atomic E-state index is 10.4. The molecule has 0 amide bonds. The van der Waals surface area contributed by atoms with Crippen molar-refractivity contribution in [3.8, 4) is 11.6 Å². The van der Waals surface area contributed by atoms with Crippen molar-refractivity contribution in [2.45, 2.75) is 26.1 Å². The van der Waals surface area contributed by atoms with Crippen LogP contribution in [0.15, 0.2) is 42.6 Å². The van der Waals surface area contributed by atoms with Gasteiger partial charge in [-0.2, -0.15) is 0 Å². The highest BCUT2D eigenvalue weighted by Crippen LogP contribution is 2.25. The smallest absolute Gasteiger partial charge is 0.212 e. The van der Waals surface area contributed by atoms with Gasteiger partial charge in [-0.05, 0) is 37.6 Å². The fourth-order valence-electron chi connectivity index (χ4n) is 1.90. The molecule has 20 heavy (non-hydrogen) atoms. The Morgan fingerprint density at radius 1 is 1.10 bits per heavy atom. The van der Waals surface area contributed by atoms with Crippen molar-refractivity contribution in [2.24, 2.45) is 0 Å². The lowest BCUT2D eigenvalue weighted by molar-refractivity contribution is 0.216. The molecule has 2 rings (SSSR count). The fourth-order valence-corrected chi connectivity index (χ4v) is 1.90. The van der Waals surface area contributed by atoms with E-state index in [0.29, 0.717) is 11.4 Å². The molecule has 0 radical (unpaired) electrons. The average molecular weight is 273 g/mol. The molecule has 0 saturated heterocycles. The minimum absolute atomic E-state index is 0.102. The van der Waals surface area contributed by atoms with E-state index in [1.54, 1.807) is 25.4 Å². The lowest BCUT2D eigenvalue weighted by Gasteiger charge is -2.14. The lowest BCUT2D eigenvalue weighted by Crippen LogP contribution is -2.06. The largest absolute Gasteiger partial charge is 0.491 e. The number of rotatable bonds is 5. The molecule has 1 atom stereocenters. The van der Waals surface area contributed by atoms with Crippen molar-refractivity contribution in [1.82, 2.24) is 4.98 Å². The maximum Gasteiger partial charge on any atom is 0.212 e. The molecule has 0 aliphatic rings. The molecule has 4 heteroatoms. The third-order valence-corrected chi connectivity index (χ3v) is 2.83. The third kappa shape index (κ3) is 3.48. The zero-order chi connectivity index (χ0) is 14.5. The summed E-state index contributed by atoms with van der Waals surface area (Å²) >= 11 is 0. The highest BCUT2D eigenvalue weighted by atomic mass is 16.5. The molecule has 1 aromatic carbocycles. The minimum Gasteiger partial charge on any atom is -0.491 e. The molecular weight excluding hydrogens is 254 g/mol. The number of methoxy groups -OCH3 is 1. The molecule has 106 valence electrons. The SMILES string of the molecule is COc1ccc(C(O)c2cccc(OC(C)C)c2)cn1. The monoisotopic (exact) mass is 273 g/mol. The summed E-state index contributed by atoms with van der Waals surface area (Å²) in [6.07, 6.45) is 0.980. The Bertz CT molecular complexity index is 552. The van der Waals surface area contributed by atoms with Gasteiger partial charge in [0.1, 0.15) is 11.9 Å². The van der Waals surface area contributed by atoms with Gasteiger partial charge in [-0.1, -0.05) is 12.1 Å². The van der Waals surface area contributed by atoms with Gasteiger partial charge in [0.2, 0.25) is 5.88 Å². The van der Waals surface area contributed by atoms with E-state index < -0.39 is 6.10 Å². The first-order valence-corrected chi connectivity index (χ1v) is 6.54. The van der Waals surface area contributed by atoms with Crippen molar-refractivity contribution < 1.29 is 14.6 Å². The summed E-state index contributed by atoms with van der Waals surface area (Å²) in [5.41, 5.74) is 1.49. The summed E-state index contributed by atoms with van der Waals surface area (Å²) in [5.74, 6) is 1.27. The molecule has 0 spiro atoms. The summed E-state index contributed by atoms with van der Waals surface area (Å²) in [5, 5.41) is 10.4. The number of hydrogen-bond acceptors (Lipinski definition) is 4. The van der Waals surface area contributed by atoms with Crippen molar-refractivity contribution in [3.05, 3.63) is 53.7 Å². The van der Waals surface area contributed by atoms with Gasteiger partial charge in [-0.3, -0.25) is 0 Å². The van der Waals surface area contributed by atoms with Crippen LogP contribution in [-0.4, -0.2) is 23.3 Å². The van der Waals surface area contributed by atoms with E-state index in [1.807, 2.05) is 38.1 Å². The highest BCUT2D eigenvalue weighted by molar-refractivity contribution is 5.35. The maximum absolute atomic E-state index is 10.4. The fraction of sp³-hybridized carbons (Fsp3) is 0.312. The summed E-state index contributed by atoms with van der Waals surface area (Å²) in [6.45, 7) is 3.94. The number of pyridine rings is 1. The van der Waals surface area contributed by atoms with Crippen LogP contribution in [0.1, 0.15) is 31.1 Å². The van der Waals surface area contributed by atoms with E-state index in [2.05, 4.69) is 4.98 Å². The molecule has 2 aromatic rings. The predicted molar refractivity (Wildman–Crippen MR) is 77.1 cm³/mol. The Kier molecular flexibility index (Phi) is 4.58. The Hall–Kier alpha value is -2.07. The van der Waals surface area contributed by atoms with Crippen LogP contribution in [-0.2, 0) is 0 Å². The number of aromatic nitrogens is 1. The van der Waals surface area contributed by atoms with E-state index in [9.17, 15) is 5.11 Å². The zero-order valence-corrected chi connectivity index (χ0v) is 11.9. The molecule has 0 fully saturated rings. The van der Waals surface area contributed by atoms with Crippen LogP contribution in [0, 0.1) is 0 Å². The Labute approximate surface area is 119 Å². The molecule has 4 nitrogen and oxygen atoms in total. The summed E-state index contributed by atoms with van der Waals surface area (Å²) in [7, 11) is 1.56. The average Bonchev–Trinajstić information content (AvgIpc) is 2.46. The van der Waals surface area contributed by atoms with Crippen molar-refractivity contribution in [3.63, 3.8) is 0 Å². The molecular formula is C16H19NO3. The van der Waals surface area contributed by atoms with Crippen LogP contribution < -0.4 is 9.47 Å². The molecule has 0 saturated carbocycles. The summed E-state index contributed by atoms with van der Waals surface area (Å²) < 4.78 is 10.6. The van der Waals surface area contributed by atoms with E-state index in [1.165, 1.54) is 0 Å². The van der Waals surface area contributed by atoms with Gasteiger partial charge in [0.25, 0.3) is 0 Å². The van der Waals surface area contributed by atoms with Crippen molar-refractivity contribution >= 4 is 0 Å².